The molecule has 2 N–H and O–H groups in total. The first-order valence-electron chi connectivity index (χ1n) is 8.32. The standard InChI is InChI=1S/C20H18FN3O.2ClH/c21-15-6-4-13(5-7-15)17-11-23-12-18(17)20(25)24-19-3-1-2-14-10-22-9-8-16(14)19;;/h1-10,17-18,23H,11-12H2,(H,24,25);2*1H/t17-,18+;;/m1../s1. The molecule has 7 heteroatoms. The molecule has 1 fully saturated rings. The Hall–Kier alpha value is -2.21. The van der Waals surface area contributed by atoms with Crippen molar-refractivity contribution in [1.29, 1.82) is 0 Å². The summed E-state index contributed by atoms with van der Waals surface area (Å²) in [4.78, 5) is 17.0. The number of amides is 1. The highest BCUT2D eigenvalue weighted by molar-refractivity contribution is 6.03. The van der Waals surface area contributed by atoms with E-state index in [4.69, 9.17) is 0 Å². The molecule has 1 aliphatic heterocycles. The molecular weight excluding hydrogens is 388 g/mol. The van der Waals surface area contributed by atoms with Crippen molar-refractivity contribution in [3.05, 3.63) is 72.3 Å². The van der Waals surface area contributed by atoms with Gasteiger partial charge in [-0.1, -0.05) is 24.3 Å². The molecule has 142 valence electrons. The first-order chi connectivity index (χ1) is 12.2. The predicted molar refractivity (Wildman–Crippen MR) is 110 cm³/mol. The third-order valence-corrected chi connectivity index (χ3v) is 4.79. The number of pyridine rings is 1. The van der Waals surface area contributed by atoms with Gasteiger partial charge in [0.1, 0.15) is 5.82 Å². The zero-order valence-corrected chi connectivity index (χ0v) is 16.0. The number of nitrogens with zero attached hydrogens (tertiary/aromatic N) is 1. The number of carbonyl (C=O) groups is 1. The monoisotopic (exact) mass is 407 g/mol. The molecule has 0 bridgehead atoms. The van der Waals surface area contributed by atoms with Crippen molar-refractivity contribution in [3.63, 3.8) is 0 Å². The molecule has 0 saturated carbocycles. The maximum absolute atomic E-state index is 13.2. The SMILES string of the molecule is Cl.Cl.O=C(Nc1cccc2cnccc12)[C@H]1CNC[C@@H]1c1ccc(F)cc1. The zero-order valence-electron chi connectivity index (χ0n) is 14.4. The van der Waals surface area contributed by atoms with Crippen LogP contribution in [0.3, 0.4) is 0 Å². The van der Waals surface area contributed by atoms with Crippen LogP contribution in [0.4, 0.5) is 10.1 Å². The Balaban J connectivity index is 0.00000131. The van der Waals surface area contributed by atoms with Crippen LogP contribution in [0.5, 0.6) is 0 Å². The van der Waals surface area contributed by atoms with Crippen LogP contribution in [-0.2, 0) is 4.79 Å². The number of anilines is 1. The fourth-order valence-corrected chi connectivity index (χ4v) is 3.47. The van der Waals surface area contributed by atoms with Crippen molar-refractivity contribution in [2.24, 2.45) is 5.92 Å². The van der Waals surface area contributed by atoms with Gasteiger partial charge >= 0.3 is 0 Å². The molecule has 4 nitrogen and oxygen atoms in total. The molecule has 4 rings (SSSR count). The molecular formula is C20H20Cl2FN3O. The minimum Gasteiger partial charge on any atom is -0.325 e. The number of benzene rings is 2. The number of aromatic nitrogens is 1. The van der Waals surface area contributed by atoms with E-state index < -0.39 is 0 Å². The number of hydrogen-bond donors (Lipinski definition) is 2. The van der Waals surface area contributed by atoms with Gasteiger partial charge in [0.05, 0.1) is 5.92 Å². The minimum absolute atomic E-state index is 0. The molecule has 2 aromatic carbocycles. The molecule has 1 aliphatic rings. The van der Waals surface area contributed by atoms with Crippen LogP contribution in [0.1, 0.15) is 11.5 Å². The van der Waals surface area contributed by atoms with Crippen molar-refractivity contribution >= 4 is 47.2 Å². The third kappa shape index (κ3) is 4.38. The smallest absolute Gasteiger partial charge is 0.229 e. The van der Waals surface area contributed by atoms with E-state index in [1.54, 1.807) is 24.5 Å². The number of fused-ring (bicyclic) bond motifs is 1. The van der Waals surface area contributed by atoms with Crippen LogP contribution in [0.2, 0.25) is 0 Å². The summed E-state index contributed by atoms with van der Waals surface area (Å²) in [5.74, 6) is -0.441. The summed E-state index contributed by atoms with van der Waals surface area (Å²) < 4.78 is 13.2. The Morgan fingerprint density at radius 3 is 2.63 bits per heavy atom. The van der Waals surface area contributed by atoms with Gasteiger partial charge in [0.15, 0.2) is 0 Å². The maximum Gasteiger partial charge on any atom is 0.229 e. The van der Waals surface area contributed by atoms with Crippen LogP contribution in [-0.4, -0.2) is 24.0 Å². The fraction of sp³-hybridized carbons (Fsp3) is 0.200. The molecule has 0 spiro atoms. The molecule has 2 atom stereocenters. The molecule has 0 aliphatic carbocycles. The lowest BCUT2D eigenvalue weighted by Gasteiger charge is -2.19. The third-order valence-electron chi connectivity index (χ3n) is 4.79. The Morgan fingerprint density at radius 2 is 1.85 bits per heavy atom. The molecule has 1 aromatic heterocycles. The fourth-order valence-electron chi connectivity index (χ4n) is 3.47. The summed E-state index contributed by atoms with van der Waals surface area (Å²) >= 11 is 0. The van der Waals surface area contributed by atoms with Gasteiger partial charge in [0.25, 0.3) is 0 Å². The highest BCUT2D eigenvalue weighted by Gasteiger charge is 2.34. The molecule has 0 radical (unpaired) electrons. The summed E-state index contributed by atoms with van der Waals surface area (Å²) in [7, 11) is 0. The summed E-state index contributed by atoms with van der Waals surface area (Å²) in [5, 5.41) is 8.29. The van der Waals surface area contributed by atoms with Gasteiger partial charge < -0.3 is 10.6 Å². The first-order valence-corrected chi connectivity index (χ1v) is 8.32. The molecule has 1 amide bonds. The van der Waals surface area contributed by atoms with Gasteiger partial charge in [0, 0.05) is 47.9 Å². The summed E-state index contributed by atoms with van der Waals surface area (Å²) in [6.45, 7) is 1.32. The second-order valence-corrected chi connectivity index (χ2v) is 6.31. The maximum atomic E-state index is 13.2. The lowest BCUT2D eigenvalue weighted by Crippen LogP contribution is -2.28. The largest absolute Gasteiger partial charge is 0.325 e. The molecule has 1 saturated heterocycles. The van der Waals surface area contributed by atoms with E-state index in [0.29, 0.717) is 13.1 Å². The van der Waals surface area contributed by atoms with Crippen molar-refractivity contribution in [2.75, 3.05) is 18.4 Å². The lowest BCUT2D eigenvalue weighted by molar-refractivity contribution is -0.119. The van der Waals surface area contributed by atoms with Gasteiger partial charge in [-0.05, 0) is 29.8 Å². The number of nitrogens with one attached hydrogen (secondary N) is 2. The Labute approximate surface area is 169 Å². The molecule has 2 heterocycles. The average molecular weight is 408 g/mol. The summed E-state index contributed by atoms with van der Waals surface area (Å²) in [5.41, 5.74) is 1.77. The second-order valence-electron chi connectivity index (χ2n) is 6.31. The van der Waals surface area contributed by atoms with Gasteiger partial charge in [-0.3, -0.25) is 9.78 Å². The predicted octanol–water partition coefficient (Wildman–Crippen LogP) is 4.16. The average Bonchev–Trinajstić information content (AvgIpc) is 3.12. The lowest BCUT2D eigenvalue weighted by atomic mass is 9.88. The minimum atomic E-state index is -0.264. The van der Waals surface area contributed by atoms with Crippen molar-refractivity contribution < 1.29 is 9.18 Å². The van der Waals surface area contributed by atoms with E-state index in [9.17, 15) is 9.18 Å². The normalized spacial score (nSPS) is 18.4. The van der Waals surface area contributed by atoms with E-state index in [2.05, 4.69) is 15.6 Å². The molecule has 27 heavy (non-hydrogen) atoms. The van der Waals surface area contributed by atoms with Crippen molar-refractivity contribution in [2.45, 2.75) is 5.92 Å². The summed E-state index contributed by atoms with van der Waals surface area (Å²) in [6, 6.07) is 14.1. The Morgan fingerprint density at radius 1 is 1.07 bits per heavy atom. The van der Waals surface area contributed by atoms with E-state index in [1.807, 2.05) is 24.3 Å². The van der Waals surface area contributed by atoms with E-state index >= 15 is 0 Å². The van der Waals surface area contributed by atoms with Crippen LogP contribution in [0, 0.1) is 11.7 Å². The number of carbonyl (C=O) groups excluding carboxylic acids is 1. The quantitative estimate of drug-likeness (QED) is 0.685. The van der Waals surface area contributed by atoms with Gasteiger partial charge in [0.2, 0.25) is 5.91 Å². The van der Waals surface area contributed by atoms with Gasteiger partial charge in [-0.2, -0.15) is 0 Å². The van der Waals surface area contributed by atoms with Crippen LogP contribution in [0.25, 0.3) is 10.8 Å². The van der Waals surface area contributed by atoms with Crippen molar-refractivity contribution in [3.8, 4) is 0 Å². The van der Waals surface area contributed by atoms with E-state index in [0.717, 1.165) is 22.0 Å². The van der Waals surface area contributed by atoms with Crippen molar-refractivity contribution in [1.82, 2.24) is 10.3 Å². The number of hydrogen-bond acceptors (Lipinski definition) is 3. The van der Waals surface area contributed by atoms with E-state index in [-0.39, 0.29) is 48.4 Å². The van der Waals surface area contributed by atoms with Crippen LogP contribution >= 0.6 is 24.8 Å². The van der Waals surface area contributed by atoms with Crippen LogP contribution in [0.15, 0.2) is 60.9 Å². The Bertz CT molecular complexity index is 915. The summed E-state index contributed by atoms with van der Waals surface area (Å²) in [6.07, 6.45) is 3.50. The molecule has 3 aromatic rings. The van der Waals surface area contributed by atoms with Crippen LogP contribution < -0.4 is 10.6 Å². The second kappa shape index (κ2) is 9.13. The molecule has 0 unspecified atom stereocenters. The first kappa shape index (κ1) is 21.1. The highest BCUT2D eigenvalue weighted by Crippen LogP contribution is 2.30. The Kier molecular flexibility index (Phi) is 7.13. The topological polar surface area (TPSA) is 54.0 Å². The zero-order chi connectivity index (χ0) is 17.2. The van der Waals surface area contributed by atoms with E-state index in [1.165, 1.54) is 12.1 Å². The van der Waals surface area contributed by atoms with Gasteiger partial charge in [-0.25, -0.2) is 4.39 Å². The highest BCUT2D eigenvalue weighted by atomic mass is 35.5. The number of rotatable bonds is 3. The van der Waals surface area contributed by atoms with Gasteiger partial charge in [-0.15, -0.1) is 24.8 Å². The number of halogens is 3.